The van der Waals surface area contributed by atoms with Gasteiger partial charge in [0.15, 0.2) is 0 Å². The van der Waals surface area contributed by atoms with Crippen LogP contribution in [0, 0.1) is 0 Å². The second-order valence-electron chi connectivity index (χ2n) is 5.02. The molecule has 0 aliphatic rings. The van der Waals surface area contributed by atoms with Crippen LogP contribution in [0.25, 0.3) is 11.0 Å². The molecule has 0 unspecified atom stereocenters. The summed E-state index contributed by atoms with van der Waals surface area (Å²) in [6, 6.07) is 15.8. The third kappa shape index (κ3) is 3.10. The Labute approximate surface area is 138 Å². The van der Waals surface area contributed by atoms with Crippen molar-refractivity contribution < 1.29 is 14.3 Å². The van der Waals surface area contributed by atoms with Gasteiger partial charge in [-0.05, 0) is 31.2 Å². The van der Waals surface area contributed by atoms with Gasteiger partial charge < -0.3 is 10.1 Å². The molecule has 0 fully saturated rings. The monoisotopic (exact) mass is 324 g/mol. The van der Waals surface area contributed by atoms with E-state index in [0.717, 1.165) is 0 Å². The van der Waals surface area contributed by atoms with Crippen LogP contribution in [0.2, 0.25) is 0 Å². The van der Waals surface area contributed by atoms with E-state index >= 15 is 0 Å². The van der Waals surface area contributed by atoms with E-state index in [2.05, 4.69) is 15.6 Å². The number of benzene rings is 2. The number of carbonyl (C=O) groups is 2. The molecule has 2 aromatic carbocycles. The molecule has 24 heavy (non-hydrogen) atoms. The Morgan fingerprint density at radius 1 is 1.12 bits per heavy atom. The second kappa shape index (κ2) is 6.91. The Hall–Kier alpha value is -3.22. The number of hydrogen-bond acceptors (Lipinski definition) is 5. The summed E-state index contributed by atoms with van der Waals surface area (Å²) in [5.41, 5.74) is 1.70. The average Bonchev–Trinajstić information content (AvgIpc) is 3.04. The van der Waals surface area contributed by atoms with Crippen molar-refractivity contribution in [3.05, 3.63) is 60.2 Å². The van der Waals surface area contributed by atoms with Gasteiger partial charge >= 0.3 is 5.97 Å². The lowest BCUT2D eigenvalue weighted by Gasteiger charge is -2.17. The first-order valence-electron chi connectivity index (χ1n) is 7.53. The maximum absolute atomic E-state index is 12.4. The molecule has 0 spiro atoms. The Bertz CT molecular complexity index is 860. The van der Waals surface area contributed by atoms with Gasteiger partial charge in [0.05, 0.1) is 12.1 Å². The predicted octanol–water partition coefficient (Wildman–Crippen LogP) is 1.92. The number of fused-ring (bicyclic) bond motifs is 1. The zero-order valence-corrected chi connectivity index (χ0v) is 13.0. The van der Waals surface area contributed by atoms with Crippen LogP contribution in [0.15, 0.2) is 54.6 Å². The normalized spacial score (nSPS) is 11.9. The van der Waals surface area contributed by atoms with Gasteiger partial charge in [0.1, 0.15) is 5.52 Å². The molecular formula is C17H16N4O3. The summed E-state index contributed by atoms with van der Waals surface area (Å²) < 4.78 is 6.43. The van der Waals surface area contributed by atoms with Crippen molar-refractivity contribution in [1.82, 2.24) is 20.3 Å². The third-order valence-electron chi connectivity index (χ3n) is 3.44. The van der Waals surface area contributed by atoms with E-state index in [4.69, 9.17) is 4.74 Å². The van der Waals surface area contributed by atoms with Gasteiger partial charge in [-0.3, -0.25) is 4.79 Å². The fourth-order valence-electron chi connectivity index (χ4n) is 2.32. The molecule has 3 rings (SSSR count). The fraction of sp³-hybridized carbons (Fsp3) is 0.176. The van der Waals surface area contributed by atoms with E-state index in [1.165, 1.54) is 4.68 Å². The van der Waals surface area contributed by atoms with Crippen molar-refractivity contribution in [2.45, 2.75) is 13.1 Å². The number of esters is 1. The summed E-state index contributed by atoms with van der Waals surface area (Å²) in [6.07, 6.45) is -1.09. The van der Waals surface area contributed by atoms with E-state index < -0.39 is 18.0 Å². The SMILES string of the molecule is CCOC(=O)[C@@H](NC(=O)c1ccccc1)n1nnc2ccccc21. The number of aromatic nitrogens is 3. The van der Waals surface area contributed by atoms with Crippen LogP contribution in [0.3, 0.4) is 0 Å². The van der Waals surface area contributed by atoms with Crippen LogP contribution in [-0.2, 0) is 9.53 Å². The van der Waals surface area contributed by atoms with Crippen LogP contribution in [0.1, 0.15) is 23.4 Å². The second-order valence-corrected chi connectivity index (χ2v) is 5.02. The molecule has 3 aromatic rings. The molecule has 1 N–H and O–H groups in total. The van der Waals surface area contributed by atoms with E-state index in [1.54, 1.807) is 43.3 Å². The number of ether oxygens (including phenoxy) is 1. The van der Waals surface area contributed by atoms with Crippen molar-refractivity contribution >= 4 is 22.9 Å². The van der Waals surface area contributed by atoms with Crippen molar-refractivity contribution in [2.24, 2.45) is 0 Å². The van der Waals surface area contributed by atoms with E-state index in [9.17, 15) is 9.59 Å². The molecule has 7 nitrogen and oxygen atoms in total. The number of para-hydroxylation sites is 1. The number of amides is 1. The van der Waals surface area contributed by atoms with Gasteiger partial charge in [-0.1, -0.05) is 35.5 Å². The number of carbonyl (C=O) groups excluding carboxylic acids is 2. The first-order valence-corrected chi connectivity index (χ1v) is 7.53. The zero-order chi connectivity index (χ0) is 16.9. The predicted molar refractivity (Wildman–Crippen MR) is 87.1 cm³/mol. The van der Waals surface area contributed by atoms with Gasteiger partial charge in [-0.2, -0.15) is 0 Å². The molecule has 7 heteroatoms. The van der Waals surface area contributed by atoms with Gasteiger partial charge in [-0.15, -0.1) is 5.10 Å². The van der Waals surface area contributed by atoms with Crippen LogP contribution < -0.4 is 5.32 Å². The largest absolute Gasteiger partial charge is 0.463 e. The van der Waals surface area contributed by atoms with E-state index in [0.29, 0.717) is 16.6 Å². The van der Waals surface area contributed by atoms with Gasteiger partial charge in [0, 0.05) is 5.56 Å². The Morgan fingerprint density at radius 2 is 1.83 bits per heavy atom. The Kier molecular flexibility index (Phi) is 4.51. The minimum absolute atomic E-state index is 0.198. The maximum atomic E-state index is 12.4. The minimum atomic E-state index is -1.09. The first-order chi connectivity index (χ1) is 11.7. The van der Waals surface area contributed by atoms with Crippen molar-refractivity contribution in [2.75, 3.05) is 6.61 Å². The van der Waals surface area contributed by atoms with Crippen molar-refractivity contribution in [1.29, 1.82) is 0 Å². The van der Waals surface area contributed by atoms with Crippen molar-refractivity contribution in [3.63, 3.8) is 0 Å². The lowest BCUT2D eigenvalue weighted by atomic mass is 10.2. The lowest BCUT2D eigenvalue weighted by molar-refractivity contribution is -0.148. The highest BCUT2D eigenvalue weighted by atomic mass is 16.5. The Morgan fingerprint density at radius 3 is 2.58 bits per heavy atom. The third-order valence-corrected chi connectivity index (χ3v) is 3.44. The summed E-state index contributed by atoms with van der Waals surface area (Å²) in [5.74, 6) is -0.995. The highest BCUT2D eigenvalue weighted by molar-refractivity contribution is 5.96. The molecular weight excluding hydrogens is 308 g/mol. The van der Waals surface area contributed by atoms with Gasteiger partial charge in [0.25, 0.3) is 5.91 Å². The molecule has 122 valence electrons. The van der Waals surface area contributed by atoms with Crippen LogP contribution in [-0.4, -0.2) is 33.5 Å². The molecule has 0 saturated carbocycles. The van der Waals surface area contributed by atoms with Gasteiger partial charge in [-0.25, -0.2) is 9.48 Å². The zero-order valence-electron chi connectivity index (χ0n) is 13.0. The summed E-state index contributed by atoms with van der Waals surface area (Å²) in [7, 11) is 0. The number of rotatable bonds is 5. The van der Waals surface area contributed by atoms with E-state index in [1.807, 2.05) is 18.2 Å². The topological polar surface area (TPSA) is 86.1 Å². The van der Waals surface area contributed by atoms with E-state index in [-0.39, 0.29) is 6.61 Å². The quantitative estimate of drug-likeness (QED) is 0.725. The first kappa shape index (κ1) is 15.7. The molecule has 1 aromatic heterocycles. The fourth-order valence-corrected chi connectivity index (χ4v) is 2.32. The number of nitrogens with zero attached hydrogens (tertiary/aromatic N) is 3. The van der Waals surface area contributed by atoms with Crippen LogP contribution in [0.5, 0.6) is 0 Å². The van der Waals surface area contributed by atoms with Crippen LogP contribution in [0.4, 0.5) is 0 Å². The molecule has 0 saturated heterocycles. The highest BCUT2D eigenvalue weighted by Gasteiger charge is 2.27. The number of nitrogens with one attached hydrogen (secondary N) is 1. The molecule has 0 aliphatic heterocycles. The highest BCUT2D eigenvalue weighted by Crippen LogP contribution is 2.16. The lowest BCUT2D eigenvalue weighted by Crippen LogP contribution is -2.39. The Balaban J connectivity index is 1.95. The molecule has 1 heterocycles. The van der Waals surface area contributed by atoms with Gasteiger partial charge in [0.2, 0.25) is 6.17 Å². The van der Waals surface area contributed by atoms with Crippen molar-refractivity contribution in [3.8, 4) is 0 Å². The summed E-state index contributed by atoms with van der Waals surface area (Å²) in [4.78, 5) is 24.7. The summed E-state index contributed by atoms with van der Waals surface area (Å²) in [6.45, 7) is 1.90. The van der Waals surface area contributed by atoms with Crippen LogP contribution >= 0.6 is 0 Å². The maximum Gasteiger partial charge on any atom is 0.351 e. The number of hydrogen-bond donors (Lipinski definition) is 1. The minimum Gasteiger partial charge on any atom is -0.463 e. The molecule has 1 amide bonds. The summed E-state index contributed by atoms with van der Waals surface area (Å²) >= 11 is 0. The molecule has 0 aliphatic carbocycles. The standard InChI is InChI=1S/C17H16N4O3/c1-2-24-17(23)15(18-16(22)12-8-4-3-5-9-12)21-14-11-7-6-10-13(14)19-20-21/h3-11,15H,2H2,1H3,(H,18,22)/t15-/m0/s1. The summed E-state index contributed by atoms with van der Waals surface area (Å²) in [5, 5.41) is 10.7. The average molecular weight is 324 g/mol. The molecule has 0 bridgehead atoms. The smallest absolute Gasteiger partial charge is 0.351 e. The molecule has 0 radical (unpaired) electrons. The molecule has 1 atom stereocenters.